The largest absolute Gasteiger partial charge is 0.481 e. The molecule has 0 unspecified atom stereocenters. The van der Waals surface area contributed by atoms with Crippen LogP contribution < -0.4 is 0 Å². The van der Waals surface area contributed by atoms with E-state index in [0.29, 0.717) is 0 Å². The molecule has 0 amide bonds. The van der Waals surface area contributed by atoms with Crippen LogP contribution in [0.3, 0.4) is 0 Å². The van der Waals surface area contributed by atoms with Crippen LogP contribution in [0.1, 0.15) is 15.3 Å². The Kier molecular flexibility index (Phi) is 3.37. The summed E-state index contributed by atoms with van der Waals surface area (Å²) in [5.74, 6) is -0.770. The molecule has 1 heterocycles. The number of hydrogen-bond donors (Lipinski definition) is 1. The van der Waals surface area contributed by atoms with Crippen LogP contribution in [0.4, 0.5) is 0 Å². The first-order valence-corrected chi connectivity index (χ1v) is 5.89. The lowest BCUT2D eigenvalue weighted by atomic mass is 10.1. The number of aliphatic carboxylic acids is 1. The van der Waals surface area contributed by atoms with Crippen LogP contribution in [0.5, 0.6) is 0 Å². The number of carboxylic acids is 1. The van der Waals surface area contributed by atoms with E-state index in [-0.39, 0.29) is 6.42 Å². The molecule has 0 saturated heterocycles. The maximum absolute atomic E-state index is 10.5. The average molecular weight is 232 g/mol. The summed E-state index contributed by atoms with van der Waals surface area (Å²) < 4.78 is 0. The molecular formula is C13H12O2S. The van der Waals surface area contributed by atoms with E-state index in [0.717, 1.165) is 11.3 Å². The zero-order valence-corrected chi connectivity index (χ0v) is 9.54. The molecule has 1 N–H and O–H groups in total. The molecular weight excluding hydrogens is 220 g/mol. The molecule has 1 aromatic heterocycles. The lowest BCUT2D eigenvalue weighted by Crippen LogP contribution is -1.96. The van der Waals surface area contributed by atoms with Gasteiger partial charge in [0.15, 0.2) is 0 Å². The van der Waals surface area contributed by atoms with E-state index >= 15 is 0 Å². The van der Waals surface area contributed by atoms with Gasteiger partial charge in [0.25, 0.3) is 0 Å². The Hall–Kier alpha value is -1.61. The van der Waals surface area contributed by atoms with E-state index < -0.39 is 5.97 Å². The van der Waals surface area contributed by atoms with Crippen molar-refractivity contribution < 1.29 is 9.90 Å². The number of thiophene rings is 1. The van der Waals surface area contributed by atoms with E-state index in [2.05, 4.69) is 12.1 Å². The Morgan fingerprint density at radius 1 is 1.06 bits per heavy atom. The van der Waals surface area contributed by atoms with Gasteiger partial charge in [-0.3, -0.25) is 4.79 Å². The van der Waals surface area contributed by atoms with Crippen LogP contribution in [0, 0.1) is 0 Å². The zero-order chi connectivity index (χ0) is 11.4. The van der Waals surface area contributed by atoms with Gasteiger partial charge in [0.05, 0.1) is 6.42 Å². The SMILES string of the molecule is O=C(O)Cc1ccc(Cc2ccccc2)s1. The van der Waals surface area contributed by atoms with Crippen molar-refractivity contribution in [3.05, 3.63) is 57.8 Å². The van der Waals surface area contributed by atoms with E-state index in [1.54, 1.807) is 11.3 Å². The minimum atomic E-state index is -0.770. The van der Waals surface area contributed by atoms with Gasteiger partial charge < -0.3 is 5.11 Å². The van der Waals surface area contributed by atoms with Crippen LogP contribution in [-0.4, -0.2) is 11.1 Å². The van der Waals surface area contributed by atoms with Crippen molar-refractivity contribution >= 4 is 17.3 Å². The average Bonchev–Trinajstić information content (AvgIpc) is 2.66. The fourth-order valence-electron chi connectivity index (χ4n) is 1.56. The van der Waals surface area contributed by atoms with Crippen LogP contribution in [0.25, 0.3) is 0 Å². The Labute approximate surface area is 98.2 Å². The Morgan fingerprint density at radius 3 is 2.44 bits per heavy atom. The van der Waals surface area contributed by atoms with Crippen molar-refractivity contribution in [2.75, 3.05) is 0 Å². The second kappa shape index (κ2) is 4.94. The Bertz CT molecular complexity index is 474. The lowest BCUT2D eigenvalue weighted by molar-refractivity contribution is -0.136. The molecule has 3 heteroatoms. The number of benzene rings is 1. The van der Waals surface area contributed by atoms with E-state index in [4.69, 9.17) is 5.11 Å². The van der Waals surface area contributed by atoms with Crippen LogP contribution >= 0.6 is 11.3 Å². The van der Waals surface area contributed by atoms with Gasteiger partial charge in [-0.1, -0.05) is 30.3 Å². The first-order valence-electron chi connectivity index (χ1n) is 5.07. The molecule has 0 spiro atoms. The highest BCUT2D eigenvalue weighted by molar-refractivity contribution is 7.12. The molecule has 1 aromatic carbocycles. The summed E-state index contributed by atoms with van der Waals surface area (Å²) in [6.45, 7) is 0. The molecule has 0 atom stereocenters. The van der Waals surface area contributed by atoms with Gasteiger partial charge >= 0.3 is 5.97 Å². The molecule has 0 fully saturated rings. The normalized spacial score (nSPS) is 10.2. The second-order valence-electron chi connectivity index (χ2n) is 3.60. The molecule has 2 nitrogen and oxygen atoms in total. The predicted molar refractivity (Wildman–Crippen MR) is 64.9 cm³/mol. The van der Waals surface area contributed by atoms with Crippen molar-refractivity contribution in [3.8, 4) is 0 Å². The molecule has 0 saturated carbocycles. The molecule has 2 rings (SSSR count). The number of rotatable bonds is 4. The maximum Gasteiger partial charge on any atom is 0.308 e. The van der Waals surface area contributed by atoms with Crippen molar-refractivity contribution in [1.29, 1.82) is 0 Å². The van der Waals surface area contributed by atoms with Gasteiger partial charge in [0.2, 0.25) is 0 Å². The summed E-state index contributed by atoms with van der Waals surface area (Å²) in [6.07, 6.45) is 1.00. The fourth-order valence-corrected chi connectivity index (χ4v) is 2.60. The quantitative estimate of drug-likeness (QED) is 0.880. The standard InChI is InChI=1S/C13H12O2S/c14-13(15)9-12-7-6-11(16-12)8-10-4-2-1-3-5-10/h1-7H,8-9H2,(H,14,15). The van der Waals surface area contributed by atoms with Crippen molar-refractivity contribution in [3.63, 3.8) is 0 Å². The van der Waals surface area contributed by atoms with E-state index in [9.17, 15) is 4.79 Å². The number of carbonyl (C=O) groups is 1. The lowest BCUT2D eigenvalue weighted by Gasteiger charge is -1.96. The highest BCUT2D eigenvalue weighted by atomic mass is 32.1. The second-order valence-corrected chi connectivity index (χ2v) is 4.85. The Morgan fingerprint density at radius 2 is 1.75 bits per heavy atom. The van der Waals surface area contributed by atoms with Gasteiger partial charge in [-0.2, -0.15) is 0 Å². The Balaban J connectivity index is 2.06. The smallest absolute Gasteiger partial charge is 0.308 e. The summed E-state index contributed by atoms with van der Waals surface area (Å²) in [7, 11) is 0. The minimum Gasteiger partial charge on any atom is -0.481 e. The van der Waals surface area contributed by atoms with Gasteiger partial charge in [-0.05, 0) is 17.7 Å². The topological polar surface area (TPSA) is 37.3 Å². The molecule has 0 bridgehead atoms. The third-order valence-corrected chi connectivity index (χ3v) is 3.35. The molecule has 0 radical (unpaired) electrons. The predicted octanol–water partition coefficient (Wildman–Crippen LogP) is 2.97. The number of hydrogen-bond acceptors (Lipinski definition) is 2. The monoisotopic (exact) mass is 232 g/mol. The van der Waals surface area contributed by atoms with E-state index in [1.807, 2.05) is 30.3 Å². The van der Waals surface area contributed by atoms with Crippen molar-refractivity contribution in [2.45, 2.75) is 12.8 Å². The number of carboxylic acid groups (broad SMARTS) is 1. The summed E-state index contributed by atoms with van der Waals surface area (Å²) in [5.41, 5.74) is 1.26. The van der Waals surface area contributed by atoms with Crippen molar-refractivity contribution in [1.82, 2.24) is 0 Å². The van der Waals surface area contributed by atoms with Crippen molar-refractivity contribution in [2.24, 2.45) is 0 Å². The van der Waals surface area contributed by atoms with Gasteiger partial charge in [0.1, 0.15) is 0 Å². The third-order valence-electron chi connectivity index (χ3n) is 2.26. The van der Waals surface area contributed by atoms with Gasteiger partial charge in [-0.25, -0.2) is 0 Å². The third kappa shape index (κ3) is 2.94. The highest BCUT2D eigenvalue weighted by Gasteiger charge is 2.04. The van der Waals surface area contributed by atoms with Crippen LogP contribution in [-0.2, 0) is 17.6 Å². The summed E-state index contributed by atoms with van der Waals surface area (Å²) in [6, 6.07) is 14.1. The van der Waals surface area contributed by atoms with Gasteiger partial charge in [0, 0.05) is 16.2 Å². The minimum absolute atomic E-state index is 0.124. The summed E-state index contributed by atoms with van der Waals surface area (Å²) in [4.78, 5) is 12.7. The van der Waals surface area contributed by atoms with E-state index in [1.165, 1.54) is 10.4 Å². The van der Waals surface area contributed by atoms with Crippen LogP contribution in [0.15, 0.2) is 42.5 Å². The first kappa shape index (κ1) is 10.9. The van der Waals surface area contributed by atoms with Crippen LogP contribution in [0.2, 0.25) is 0 Å². The fraction of sp³-hybridized carbons (Fsp3) is 0.154. The molecule has 2 aromatic rings. The molecule has 82 valence electrons. The first-order chi connectivity index (χ1) is 7.74. The van der Waals surface area contributed by atoms with Gasteiger partial charge in [-0.15, -0.1) is 11.3 Å². The zero-order valence-electron chi connectivity index (χ0n) is 8.72. The summed E-state index contributed by atoms with van der Waals surface area (Å²) >= 11 is 1.58. The maximum atomic E-state index is 10.5. The molecule has 0 aliphatic heterocycles. The summed E-state index contributed by atoms with van der Waals surface area (Å²) in [5, 5.41) is 8.67. The molecule has 0 aliphatic carbocycles. The highest BCUT2D eigenvalue weighted by Crippen LogP contribution is 2.20. The molecule has 16 heavy (non-hydrogen) atoms. The molecule has 0 aliphatic rings.